The fourth-order valence-electron chi connectivity index (χ4n) is 6.36. The number of amides is 2. The summed E-state index contributed by atoms with van der Waals surface area (Å²) in [5.41, 5.74) is 5.07. The molecule has 0 radical (unpaired) electrons. The third kappa shape index (κ3) is 4.93. The Balaban J connectivity index is 1.30. The zero-order chi connectivity index (χ0) is 30.7. The van der Waals surface area contributed by atoms with Gasteiger partial charge in [0.2, 0.25) is 0 Å². The Labute approximate surface area is 255 Å². The van der Waals surface area contributed by atoms with E-state index in [1.807, 2.05) is 36.0 Å². The van der Waals surface area contributed by atoms with Crippen LogP contribution in [0.3, 0.4) is 0 Å². The van der Waals surface area contributed by atoms with Gasteiger partial charge in [-0.05, 0) is 52.1 Å². The maximum Gasteiger partial charge on any atom is 0.417 e. The van der Waals surface area contributed by atoms with E-state index in [2.05, 4.69) is 33.2 Å². The number of carbonyl (C=O) groups is 2. The summed E-state index contributed by atoms with van der Waals surface area (Å²) in [6, 6.07) is 8.16. The van der Waals surface area contributed by atoms with E-state index in [1.165, 1.54) is 0 Å². The monoisotopic (exact) mass is 596 g/mol. The van der Waals surface area contributed by atoms with E-state index in [9.17, 15) is 9.59 Å². The predicted molar refractivity (Wildman–Crippen MR) is 166 cm³/mol. The van der Waals surface area contributed by atoms with Crippen LogP contribution in [0.1, 0.15) is 42.4 Å². The molecule has 7 heterocycles. The van der Waals surface area contributed by atoms with Crippen LogP contribution in [-0.2, 0) is 29.6 Å². The second-order valence-corrected chi connectivity index (χ2v) is 12.7. The predicted octanol–water partition coefficient (Wildman–Crippen LogP) is 4.32. The summed E-state index contributed by atoms with van der Waals surface area (Å²) in [6.07, 6.45) is 4.63. The Kier molecular flexibility index (Phi) is 6.78. The first-order chi connectivity index (χ1) is 21.1. The molecule has 1 atom stereocenters. The van der Waals surface area contributed by atoms with Crippen molar-refractivity contribution in [1.29, 1.82) is 0 Å². The van der Waals surface area contributed by atoms with E-state index < -0.39 is 17.6 Å². The van der Waals surface area contributed by atoms with Crippen LogP contribution < -0.4 is 10.2 Å². The molecular formula is C32H36N8O4. The summed E-state index contributed by atoms with van der Waals surface area (Å²) in [7, 11) is 4.02. The van der Waals surface area contributed by atoms with Gasteiger partial charge >= 0.3 is 6.09 Å². The molecule has 12 heteroatoms. The van der Waals surface area contributed by atoms with E-state index >= 15 is 0 Å². The van der Waals surface area contributed by atoms with Gasteiger partial charge in [-0.2, -0.15) is 0 Å². The number of imide groups is 1. The molecule has 1 fully saturated rings. The number of aromatic nitrogens is 4. The van der Waals surface area contributed by atoms with Crippen LogP contribution in [0, 0.1) is 0 Å². The molecule has 3 aliphatic heterocycles. The molecule has 1 unspecified atom stereocenters. The summed E-state index contributed by atoms with van der Waals surface area (Å²) >= 11 is 0. The van der Waals surface area contributed by atoms with Crippen molar-refractivity contribution < 1.29 is 19.1 Å². The molecule has 228 valence electrons. The lowest BCUT2D eigenvalue weighted by Gasteiger charge is -2.37. The normalized spacial score (nSPS) is 18.6. The first-order valence-corrected chi connectivity index (χ1v) is 14.8. The van der Waals surface area contributed by atoms with Crippen molar-refractivity contribution in [3.05, 3.63) is 59.7 Å². The van der Waals surface area contributed by atoms with Crippen LogP contribution in [0.4, 0.5) is 22.0 Å². The smallest absolute Gasteiger partial charge is 0.417 e. The van der Waals surface area contributed by atoms with Gasteiger partial charge < -0.3 is 24.3 Å². The number of ether oxygens (including phenoxy) is 2. The number of aryl methyl sites for hydroxylation is 1. The summed E-state index contributed by atoms with van der Waals surface area (Å²) in [5, 5.41) is 4.28. The number of nitrogens with one attached hydrogen (secondary N) is 1. The molecule has 0 bridgehead atoms. The molecule has 0 aliphatic carbocycles. The van der Waals surface area contributed by atoms with Crippen LogP contribution in [-0.4, -0.2) is 86.3 Å². The van der Waals surface area contributed by atoms with E-state index in [0.717, 1.165) is 46.0 Å². The molecule has 0 aromatic carbocycles. The fourth-order valence-corrected chi connectivity index (χ4v) is 6.36. The van der Waals surface area contributed by atoms with Crippen molar-refractivity contribution >= 4 is 40.2 Å². The fraction of sp³-hybridized carbons (Fsp3) is 0.406. The van der Waals surface area contributed by atoms with E-state index in [4.69, 9.17) is 19.4 Å². The molecule has 1 saturated heterocycles. The Bertz CT molecular complexity index is 1800. The van der Waals surface area contributed by atoms with Crippen LogP contribution >= 0.6 is 0 Å². The summed E-state index contributed by atoms with van der Waals surface area (Å²) in [6.45, 7) is 9.15. The number of fused-ring (bicyclic) bond motifs is 5. The highest BCUT2D eigenvalue weighted by atomic mass is 16.6. The molecule has 44 heavy (non-hydrogen) atoms. The molecule has 4 aromatic heterocycles. The minimum atomic E-state index is -0.756. The number of anilines is 3. The molecule has 2 amide bonds. The quantitative estimate of drug-likeness (QED) is 0.367. The third-order valence-corrected chi connectivity index (χ3v) is 8.28. The second-order valence-electron chi connectivity index (χ2n) is 12.7. The van der Waals surface area contributed by atoms with Gasteiger partial charge in [0.15, 0.2) is 0 Å². The largest absolute Gasteiger partial charge is 0.443 e. The van der Waals surface area contributed by atoms with Crippen molar-refractivity contribution in [2.75, 3.05) is 43.6 Å². The molecule has 1 N–H and O–H groups in total. The topological polar surface area (TPSA) is 118 Å². The lowest BCUT2D eigenvalue weighted by Crippen LogP contribution is -2.49. The standard InChI is InChI=1S/C32H36N8O4/c1-32(2,3)44-31(42)40-16-22-27(30(40)41)23(14-34-28(22)20-8-10-33-29-21(20)9-11-38(29)5)35-26-7-6-25-24(36-26)17-37(4)15-19-18-43-13-12-39(19)25/h6-11,14,19H,12-13,15-18H2,1-5H3,(H,35,36). The van der Waals surface area contributed by atoms with Gasteiger partial charge in [-0.1, -0.05) is 0 Å². The molecule has 4 aromatic rings. The number of carbonyl (C=O) groups excluding carboxylic acids is 2. The highest BCUT2D eigenvalue weighted by molar-refractivity contribution is 6.12. The van der Waals surface area contributed by atoms with Crippen LogP contribution in [0.15, 0.2) is 42.9 Å². The first kappa shape index (κ1) is 28.2. The number of hydrogen-bond donors (Lipinski definition) is 1. The van der Waals surface area contributed by atoms with E-state index in [1.54, 1.807) is 33.2 Å². The summed E-state index contributed by atoms with van der Waals surface area (Å²) in [4.78, 5) is 47.3. The SMILES string of the molecule is CN1Cc2nc(Nc3cnc(-c4ccnc5c4ccn5C)c4c3C(=O)N(C(=O)OC(C)(C)C)C4)ccc2N2CCOCC2C1. The van der Waals surface area contributed by atoms with Crippen molar-refractivity contribution in [2.24, 2.45) is 7.05 Å². The van der Waals surface area contributed by atoms with E-state index in [0.29, 0.717) is 48.1 Å². The van der Waals surface area contributed by atoms with Gasteiger partial charge in [-0.15, -0.1) is 0 Å². The van der Waals surface area contributed by atoms with Crippen molar-refractivity contribution in [3.63, 3.8) is 0 Å². The van der Waals surface area contributed by atoms with E-state index in [-0.39, 0.29) is 12.6 Å². The van der Waals surface area contributed by atoms with Gasteiger partial charge in [-0.3, -0.25) is 14.7 Å². The number of pyridine rings is 3. The third-order valence-electron chi connectivity index (χ3n) is 8.28. The van der Waals surface area contributed by atoms with Gasteiger partial charge in [0, 0.05) is 55.6 Å². The zero-order valence-electron chi connectivity index (χ0n) is 25.6. The maximum atomic E-state index is 14.0. The van der Waals surface area contributed by atoms with Gasteiger partial charge in [0.05, 0.1) is 60.3 Å². The average Bonchev–Trinajstić information content (AvgIpc) is 3.49. The first-order valence-electron chi connectivity index (χ1n) is 14.8. The molecule has 3 aliphatic rings. The number of morpholine rings is 1. The Morgan fingerprint density at radius 3 is 2.77 bits per heavy atom. The van der Waals surface area contributed by atoms with Crippen molar-refractivity contribution in [2.45, 2.75) is 45.5 Å². The highest BCUT2D eigenvalue weighted by Crippen LogP contribution is 2.39. The summed E-state index contributed by atoms with van der Waals surface area (Å²) < 4.78 is 13.3. The molecule has 12 nitrogen and oxygen atoms in total. The van der Waals surface area contributed by atoms with Gasteiger partial charge in [0.1, 0.15) is 17.1 Å². The molecule has 0 spiro atoms. The lowest BCUT2D eigenvalue weighted by molar-refractivity contribution is 0.0248. The number of likely N-dealkylation sites (N-methyl/N-ethyl adjacent to an activating group) is 1. The van der Waals surface area contributed by atoms with Crippen LogP contribution in [0.5, 0.6) is 0 Å². The Hall–Kier alpha value is -4.55. The number of rotatable bonds is 3. The van der Waals surface area contributed by atoms with Gasteiger partial charge in [-0.25, -0.2) is 19.7 Å². The van der Waals surface area contributed by atoms with Crippen molar-refractivity contribution in [1.82, 2.24) is 29.3 Å². The van der Waals surface area contributed by atoms with Gasteiger partial charge in [0.25, 0.3) is 5.91 Å². The second kappa shape index (κ2) is 10.6. The molecular weight excluding hydrogens is 560 g/mol. The number of nitrogens with zero attached hydrogens (tertiary/aromatic N) is 7. The minimum Gasteiger partial charge on any atom is -0.443 e. The number of hydrogen-bond acceptors (Lipinski definition) is 10. The Morgan fingerprint density at radius 2 is 1.95 bits per heavy atom. The molecule has 0 saturated carbocycles. The maximum absolute atomic E-state index is 14.0. The highest BCUT2D eigenvalue weighted by Gasteiger charge is 2.39. The average molecular weight is 597 g/mol. The molecule has 7 rings (SSSR count). The zero-order valence-corrected chi connectivity index (χ0v) is 25.6. The lowest BCUT2D eigenvalue weighted by atomic mass is 10.0. The summed E-state index contributed by atoms with van der Waals surface area (Å²) in [5.74, 6) is 0.155. The Morgan fingerprint density at radius 1 is 1.11 bits per heavy atom. The van der Waals surface area contributed by atoms with Crippen LogP contribution in [0.25, 0.3) is 22.3 Å². The minimum absolute atomic E-state index is 0.0401. The van der Waals surface area contributed by atoms with Crippen LogP contribution in [0.2, 0.25) is 0 Å². The van der Waals surface area contributed by atoms with Crippen molar-refractivity contribution in [3.8, 4) is 11.3 Å².